The second-order valence-corrected chi connectivity index (χ2v) is 5.82. The molecule has 0 unspecified atom stereocenters. The Kier molecular flexibility index (Phi) is 4.03. The minimum atomic E-state index is -0.174. The third kappa shape index (κ3) is 3.23. The van der Waals surface area contributed by atoms with E-state index in [1.54, 1.807) is 29.3 Å². The van der Waals surface area contributed by atoms with Crippen molar-refractivity contribution in [2.45, 2.75) is 0 Å². The van der Waals surface area contributed by atoms with Gasteiger partial charge in [-0.2, -0.15) is 10.2 Å². The molecule has 2 aromatic carbocycles. The third-order valence-corrected chi connectivity index (χ3v) is 3.94. The van der Waals surface area contributed by atoms with Gasteiger partial charge in [0.25, 0.3) is 5.91 Å². The van der Waals surface area contributed by atoms with Crippen molar-refractivity contribution in [2.75, 3.05) is 5.32 Å². The zero-order chi connectivity index (χ0) is 17.9. The molecule has 7 heteroatoms. The van der Waals surface area contributed by atoms with Gasteiger partial charge in [-0.25, -0.2) is 4.98 Å². The van der Waals surface area contributed by atoms with E-state index < -0.39 is 0 Å². The van der Waals surface area contributed by atoms with Crippen molar-refractivity contribution >= 4 is 11.6 Å². The summed E-state index contributed by atoms with van der Waals surface area (Å²) in [5, 5.41) is 14.0. The Morgan fingerprint density at radius 2 is 1.92 bits per heavy atom. The maximum absolute atomic E-state index is 12.5. The van der Waals surface area contributed by atoms with Gasteiger partial charge in [0.15, 0.2) is 5.82 Å². The number of rotatable bonds is 4. The number of anilines is 1. The minimum Gasteiger partial charge on any atom is -0.322 e. The van der Waals surface area contributed by atoms with Gasteiger partial charge in [0.05, 0.1) is 5.69 Å². The van der Waals surface area contributed by atoms with Crippen molar-refractivity contribution in [3.8, 4) is 22.6 Å². The fourth-order valence-electron chi connectivity index (χ4n) is 2.63. The van der Waals surface area contributed by atoms with Crippen molar-refractivity contribution in [3.63, 3.8) is 0 Å². The van der Waals surface area contributed by atoms with Gasteiger partial charge in [-0.1, -0.05) is 24.3 Å². The van der Waals surface area contributed by atoms with E-state index in [1.165, 1.54) is 0 Å². The lowest BCUT2D eigenvalue weighted by molar-refractivity contribution is 0.102. The molecule has 0 saturated carbocycles. The van der Waals surface area contributed by atoms with Gasteiger partial charge < -0.3 is 5.32 Å². The summed E-state index contributed by atoms with van der Waals surface area (Å²) in [6, 6.07) is 16.7. The summed E-state index contributed by atoms with van der Waals surface area (Å²) in [6.45, 7) is 0. The van der Waals surface area contributed by atoms with Gasteiger partial charge in [0.1, 0.15) is 6.33 Å². The summed E-state index contributed by atoms with van der Waals surface area (Å²) in [5.74, 6) is 0.457. The maximum Gasteiger partial charge on any atom is 0.255 e. The first-order chi connectivity index (χ1) is 12.7. The van der Waals surface area contributed by atoms with Crippen LogP contribution in [0.15, 0.2) is 67.1 Å². The number of nitrogens with zero attached hydrogens (tertiary/aromatic N) is 4. The maximum atomic E-state index is 12.5. The molecule has 0 aliphatic heterocycles. The van der Waals surface area contributed by atoms with Crippen molar-refractivity contribution in [1.82, 2.24) is 25.0 Å². The van der Waals surface area contributed by atoms with Gasteiger partial charge in [-0.05, 0) is 30.3 Å². The first-order valence-corrected chi connectivity index (χ1v) is 8.06. The van der Waals surface area contributed by atoms with E-state index in [0.29, 0.717) is 11.4 Å². The summed E-state index contributed by atoms with van der Waals surface area (Å²) in [5.41, 5.74) is 4.00. The fourth-order valence-corrected chi connectivity index (χ4v) is 2.63. The number of H-pyrrole nitrogens is 1. The van der Waals surface area contributed by atoms with E-state index in [9.17, 15) is 4.79 Å². The highest BCUT2D eigenvalue weighted by Gasteiger charge is 2.09. The Balaban J connectivity index is 1.51. The quantitative estimate of drug-likeness (QED) is 0.595. The lowest BCUT2D eigenvalue weighted by Crippen LogP contribution is -2.11. The SMILES string of the molecule is Cn1cnc(-c2ccc(C(=O)Nc3cccc(-c4ccn[nH]4)c3)cc2)n1. The molecular weight excluding hydrogens is 328 g/mol. The van der Waals surface area contributed by atoms with Gasteiger partial charge in [0.2, 0.25) is 0 Å². The monoisotopic (exact) mass is 344 g/mol. The van der Waals surface area contributed by atoms with Gasteiger partial charge in [0, 0.05) is 35.6 Å². The molecule has 0 spiro atoms. The second kappa shape index (κ2) is 6.64. The molecule has 7 nitrogen and oxygen atoms in total. The molecule has 2 N–H and O–H groups in total. The number of carbonyl (C=O) groups excluding carboxylic acids is 1. The number of nitrogens with one attached hydrogen (secondary N) is 2. The Morgan fingerprint density at radius 3 is 2.62 bits per heavy atom. The predicted molar refractivity (Wildman–Crippen MR) is 98.4 cm³/mol. The molecule has 128 valence electrons. The van der Waals surface area contributed by atoms with Crippen molar-refractivity contribution < 1.29 is 4.79 Å². The van der Waals surface area contributed by atoms with E-state index in [1.807, 2.05) is 49.5 Å². The number of aromatic nitrogens is 5. The molecule has 2 heterocycles. The summed E-state index contributed by atoms with van der Waals surface area (Å²) in [4.78, 5) is 16.7. The van der Waals surface area contributed by atoms with Crippen molar-refractivity contribution in [2.24, 2.45) is 7.05 Å². The molecule has 0 atom stereocenters. The van der Waals surface area contributed by atoms with Crippen LogP contribution in [0.2, 0.25) is 0 Å². The molecule has 0 aliphatic carbocycles. The number of amides is 1. The number of hydrogen-bond acceptors (Lipinski definition) is 4. The van der Waals surface area contributed by atoms with Crippen LogP contribution in [-0.4, -0.2) is 30.9 Å². The topological polar surface area (TPSA) is 88.5 Å². The predicted octanol–water partition coefficient (Wildman–Crippen LogP) is 3.12. The fraction of sp³-hybridized carbons (Fsp3) is 0.0526. The van der Waals surface area contributed by atoms with Crippen LogP contribution in [0.3, 0.4) is 0 Å². The molecule has 4 rings (SSSR count). The summed E-state index contributed by atoms with van der Waals surface area (Å²) < 4.78 is 1.64. The third-order valence-electron chi connectivity index (χ3n) is 3.94. The average molecular weight is 344 g/mol. The van der Waals surface area contributed by atoms with E-state index >= 15 is 0 Å². The number of benzene rings is 2. The van der Waals surface area contributed by atoms with Crippen LogP contribution in [0.1, 0.15) is 10.4 Å². The smallest absolute Gasteiger partial charge is 0.255 e. The van der Waals surface area contributed by atoms with Gasteiger partial charge in [-0.15, -0.1) is 0 Å². The number of aryl methyl sites for hydroxylation is 1. The first kappa shape index (κ1) is 15.8. The molecule has 0 aliphatic rings. The zero-order valence-electron chi connectivity index (χ0n) is 14.0. The second-order valence-electron chi connectivity index (χ2n) is 5.82. The standard InChI is InChI=1S/C19H16N6O/c1-25-12-20-18(24-25)13-5-7-14(8-6-13)19(26)22-16-4-2-3-15(11-16)17-9-10-21-23-17/h2-12H,1H3,(H,21,23)(H,22,26). The first-order valence-electron chi connectivity index (χ1n) is 8.06. The number of carbonyl (C=O) groups is 1. The van der Waals surface area contributed by atoms with Crippen LogP contribution in [0.5, 0.6) is 0 Å². The highest BCUT2D eigenvalue weighted by Crippen LogP contribution is 2.21. The zero-order valence-corrected chi connectivity index (χ0v) is 14.0. The Morgan fingerprint density at radius 1 is 1.08 bits per heavy atom. The molecule has 26 heavy (non-hydrogen) atoms. The van der Waals surface area contributed by atoms with E-state index in [2.05, 4.69) is 25.6 Å². The average Bonchev–Trinajstić information content (AvgIpc) is 3.34. The lowest BCUT2D eigenvalue weighted by atomic mass is 10.1. The van der Waals surface area contributed by atoms with Crippen LogP contribution < -0.4 is 5.32 Å². The Labute approximate surface area is 149 Å². The molecule has 2 aromatic heterocycles. The molecule has 0 bridgehead atoms. The van der Waals surface area contributed by atoms with Crippen LogP contribution in [0.25, 0.3) is 22.6 Å². The summed E-state index contributed by atoms with van der Waals surface area (Å²) in [7, 11) is 1.82. The van der Waals surface area contributed by atoms with E-state index in [-0.39, 0.29) is 5.91 Å². The van der Waals surface area contributed by atoms with Crippen molar-refractivity contribution in [3.05, 3.63) is 72.7 Å². The number of hydrogen-bond donors (Lipinski definition) is 2. The van der Waals surface area contributed by atoms with Crippen LogP contribution in [0, 0.1) is 0 Å². The Hall–Kier alpha value is -3.74. The number of aromatic amines is 1. The largest absolute Gasteiger partial charge is 0.322 e. The van der Waals surface area contributed by atoms with E-state index in [4.69, 9.17) is 0 Å². The van der Waals surface area contributed by atoms with Crippen LogP contribution in [-0.2, 0) is 7.05 Å². The van der Waals surface area contributed by atoms with Crippen LogP contribution in [0.4, 0.5) is 5.69 Å². The minimum absolute atomic E-state index is 0.174. The molecule has 4 aromatic rings. The normalized spacial score (nSPS) is 10.7. The van der Waals surface area contributed by atoms with Gasteiger partial charge >= 0.3 is 0 Å². The summed E-state index contributed by atoms with van der Waals surface area (Å²) >= 11 is 0. The Bertz CT molecular complexity index is 1030. The van der Waals surface area contributed by atoms with Crippen molar-refractivity contribution in [1.29, 1.82) is 0 Å². The lowest BCUT2D eigenvalue weighted by Gasteiger charge is -2.07. The molecule has 0 saturated heterocycles. The molecular formula is C19H16N6O. The summed E-state index contributed by atoms with van der Waals surface area (Å²) in [6.07, 6.45) is 3.33. The molecule has 1 amide bonds. The highest BCUT2D eigenvalue weighted by molar-refractivity contribution is 6.04. The van der Waals surface area contributed by atoms with Crippen LogP contribution >= 0.6 is 0 Å². The highest BCUT2D eigenvalue weighted by atomic mass is 16.1. The van der Waals surface area contributed by atoms with E-state index in [0.717, 1.165) is 22.5 Å². The van der Waals surface area contributed by atoms with Gasteiger partial charge in [-0.3, -0.25) is 14.6 Å². The molecule has 0 radical (unpaired) electrons. The molecule has 0 fully saturated rings.